The van der Waals surface area contributed by atoms with Crippen LogP contribution in [-0.4, -0.2) is 11.6 Å². The Morgan fingerprint density at radius 3 is 2.73 bits per heavy atom. The van der Waals surface area contributed by atoms with E-state index in [1.54, 1.807) is 13.3 Å². The zero-order valence-electron chi connectivity index (χ0n) is 6.39. The number of rotatable bonds is 2. The average Bonchev–Trinajstić information content (AvgIpc) is 2.30. The van der Waals surface area contributed by atoms with Gasteiger partial charge in [0.15, 0.2) is 11.6 Å². The number of allylic oxidation sites excluding steroid dienone is 3. The van der Waals surface area contributed by atoms with Crippen molar-refractivity contribution in [3.63, 3.8) is 0 Å². The summed E-state index contributed by atoms with van der Waals surface area (Å²) in [6.45, 7) is 5.09. The molecule has 0 N–H and O–H groups in total. The van der Waals surface area contributed by atoms with Crippen LogP contribution in [-0.2, 0) is 9.59 Å². The molecule has 0 saturated carbocycles. The van der Waals surface area contributed by atoms with Crippen molar-refractivity contribution in [3.8, 4) is 0 Å². The topological polar surface area (TPSA) is 34.1 Å². The van der Waals surface area contributed by atoms with Crippen LogP contribution in [0.1, 0.15) is 13.3 Å². The summed E-state index contributed by atoms with van der Waals surface area (Å²) in [4.78, 5) is 22.0. The lowest BCUT2D eigenvalue weighted by Crippen LogP contribution is -2.06. The van der Waals surface area contributed by atoms with Gasteiger partial charge in [0.2, 0.25) is 0 Å². The molecule has 2 heteroatoms. The van der Waals surface area contributed by atoms with Gasteiger partial charge in [0, 0.05) is 6.42 Å². The van der Waals surface area contributed by atoms with E-state index < -0.39 is 0 Å². The molecule has 0 bridgehead atoms. The Labute approximate surface area is 65.6 Å². The largest absolute Gasteiger partial charge is 0.294 e. The van der Waals surface area contributed by atoms with Gasteiger partial charge in [0.25, 0.3) is 0 Å². The van der Waals surface area contributed by atoms with E-state index in [1.807, 2.05) is 0 Å². The Morgan fingerprint density at radius 1 is 1.73 bits per heavy atom. The Kier molecular flexibility index (Phi) is 2.03. The minimum atomic E-state index is -0.263. The van der Waals surface area contributed by atoms with Gasteiger partial charge in [-0.3, -0.25) is 9.59 Å². The summed E-state index contributed by atoms with van der Waals surface area (Å²) in [5.41, 5.74) is 1.08. The van der Waals surface area contributed by atoms with Crippen molar-refractivity contribution >= 4 is 11.6 Å². The van der Waals surface area contributed by atoms with Crippen LogP contribution in [0.15, 0.2) is 23.8 Å². The maximum atomic E-state index is 11.0. The van der Waals surface area contributed by atoms with Gasteiger partial charge in [-0.25, -0.2) is 0 Å². The van der Waals surface area contributed by atoms with Gasteiger partial charge in [0.05, 0.1) is 5.57 Å². The average molecular weight is 149 g/mol. The summed E-state index contributed by atoms with van der Waals surface area (Å²) >= 11 is 0. The molecule has 0 aromatic carbocycles. The van der Waals surface area contributed by atoms with E-state index in [2.05, 4.69) is 6.58 Å². The fraction of sp³-hybridized carbons (Fsp3) is 0.222. The molecular formula is C9H9O2. The van der Waals surface area contributed by atoms with E-state index in [1.165, 1.54) is 6.08 Å². The molecule has 0 fully saturated rings. The summed E-state index contributed by atoms with van der Waals surface area (Å²) in [6.07, 6.45) is 3.30. The highest BCUT2D eigenvalue weighted by molar-refractivity contribution is 6.26. The van der Waals surface area contributed by atoms with Crippen LogP contribution in [0.4, 0.5) is 0 Å². The van der Waals surface area contributed by atoms with Crippen molar-refractivity contribution < 1.29 is 9.59 Å². The molecule has 0 aromatic heterocycles. The van der Waals surface area contributed by atoms with Crippen LogP contribution in [0.25, 0.3) is 0 Å². The van der Waals surface area contributed by atoms with Crippen LogP contribution >= 0.6 is 0 Å². The van der Waals surface area contributed by atoms with Crippen molar-refractivity contribution in [2.24, 2.45) is 0 Å². The van der Waals surface area contributed by atoms with Crippen LogP contribution in [0.2, 0.25) is 0 Å². The minimum absolute atomic E-state index is 0.0904. The molecule has 0 unspecified atom stereocenters. The second-order valence-corrected chi connectivity index (χ2v) is 2.46. The van der Waals surface area contributed by atoms with E-state index in [4.69, 9.17) is 0 Å². The molecule has 0 atom stereocenters. The van der Waals surface area contributed by atoms with Gasteiger partial charge in [0.1, 0.15) is 0 Å². The van der Waals surface area contributed by atoms with Crippen LogP contribution in [0.3, 0.4) is 0 Å². The second kappa shape index (κ2) is 2.82. The minimum Gasteiger partial charge on any atom is -0.294 e. The molecule has 0 aliphatic heterocycles. The van der Waals surface area contributed by atoms with Gasteiger partial charge in [-0.1, -0.05) is 12.2 Å². The Bertz CT molecular complexity index is 259. The molecule has 1 aliphatic carbocycles. The first-order valence-corrected chi connectivity index (χ1v) is 3.41. The molecular weight excluding hydrogens is 140 g/mol. The highest BCUT2D eigenvalue weighted by Crippen LogP contribution is 2.21. The van der Waals surface area contributed by atoms with Crippen LogP contribution < -0.4 is 0 Å². The number of hydrogen-bond donors (Lipinski definition) is 0. The van der Waals surface area contributed by atoms with Crippen LogP contribution in [0, 0.1) is 6.42 Å². The van der Waals surface area contributed by atoms with Crippen molar-refractivity contribution in [1.82, 2.24) is 0 Å². The van der Waals surface area contributed by atoms with Crippen molar-refractivity contribution in [3.05, 3.63) is 30.2 Å². The number of ketones is 2. The molecule has 57 valence electrons. The lowest BCUT2D eigenvalue weighted by atomic mass is 10.1. The van der Waals surface area contributed by atoms with Crippen molar-refractivity contribution in [1.29, 1.82) is 0 Å². The first-order chi connectivity index (χ1) is 5.16. The fourth-order valence-electron chi connectivity index (χ4n) is 1.10. The van der Waals surface area contributed by atoms with Gasteiger partial charge >= 0.3 is 0 Å². The molecule has 11 heavy (non-hydrogen) atoms. The summed E-state index contributed by atoms with van der Waals surface area (Å²) in [7, 11) is 0. The third kappa shape index (κ3) is 1.29. The van der Waals surface area contributed by atoms with Crippen molar-refractivity contribution in [2.45, 2.75) is 13.3 Å². The van der Waals surface area contributed by atoms with E-state index in [0.717, 1.165) is 5.57 Å². The Balaban J connectivity index is 3.00. The maximum absolute atomic E-state index is 11.0. The molecule has 2 nitrogen and oxygen atoms in total. The maximum Gasteiger partial charge on any atom is 0.188 e. The third-order valence-electron chi connectivity index (χ3n) is 1.70. The molecule has 1 rings (SSSR count). The fourth-order valence-corrected chi connectivity index (χ4v) is 1.10. The molecule has 1 radical (unpaired) electrons. The summed E-state index contributed by atoms with van der Waals surface area (Å²) in [5.74, 6) is -0.353. The normalized spacial score (nSPS) is 17.4. The number of carbonyl (C=O) groups excluding carboxylic acids is 2. The molecule has 1 aliphatic rings. The Hall–Kier alpha value is -1.18. The van der Waals surface area contributed by atoms with E-state index in [-0.39, 0.29) is 11.6 Å². The predicted octanol–water partition coefficient (Wildman–Crippen LogP) is 1.24. The lowest BCUT2D eigenvalue weighted by molar-refractivity contribution is -0.118. The van der Waals surface area contributed by atoms with Gasteiger partial charge in [-0.2, -0.15) is 0 Å². The SMILES string of the molecule is C=CC(=O)C1=C(C)[CH]CC1=O. The predicted molar refractivity (Wildman–Crippen MR) is 41.8 cm³/mol. The standard InChI is InChI=1S/C9H9O2/c1-3-7(10)9-6(2)4-5-8(9)11/h3-4H,1,5H2,2H3. The number of carbonyl (C=O) groups is 2. The van der Waals surface area contributed by atoms with Gasteiger partial charge in [-0.15, -0.1) is 0 Å². The van der Waals surface area contributed by atoms with E-state index >= 15 is 0 Å². The van der Waals surface area contributed by atoms with E-state index in [0.29, 0.717) is 12.0 Å². The first-order valence-electron chi connectivity index (χ1n) is 3.41. The van der Waals surface area contributed by atoms with Crippen molar-refractivity contribution in [2.75, 3.05) is 0 Å². The molecule has 0 saturated heterocycles. The zero-order chi connectivity index (χ0) is 8.43. The molecule has 0 spiro atoms. The highest BCUT2D eigenvalue weighted by atomic mass is 16.1. The second-order valence-electron chi connectivity index (χ2n) is 2.46. The lowest BCUT2D eigenvalue weighted by Gasteiger charge is -1.94. The third-order valence-corrected chi connectivity index (χ3v) is 1.70. The smallest absolute Gasteiger partial charge is 0.188 e. The van der Waals surface area contributed by atoms with Gasteiger partial charge < -0.3 is 0 Å². The van der Waals surface area contributed by atoms with E-state index in [9.17, 15) is 9.59 Å². The number of Topliss-reactive ketones (excluding diaryl/α,β-unsaturated/α-hetero) is 1. The summed E-state index contributed by atoms with van der Waals surface area (Å²) in [5, 5.41) is 0. The molecule has 0 amide bonds. The zero-order valence-corrected chi connectivity index (χ0v) is 6.39. The monoisotopic (exact) mass is 149 g/mol. The molecule has 0 aromatic rings. The molecule has 0 heterocycles. The summed E-state index contributed by atoms with van der Waals surface area (Å²) < 4.78 is 0. The summed E-state index contributed by atoms with van der Waals surface area (Å²) in [6, 6.07) is 0. The van der Waals surface area contributed by atoms with Gasteiger partial charge in [-0.05, 0) is 19.4 Å². The number of hydrogen-bond acceptors (Lipinski definition) is 2. The quantitative estimate of drug-likeness (QED) is 0.437. The highest BCUT2D eigenvalue weighted by Gasteiger charge is 2.24. The Morgan fingerprint density at radius 2 is 2.36 bits per heavy atom. The van der Waals surface area contributed by atoms with Crippen LogP contribution in [0.5, 0.6) is 0 Å². The first kappa shape index (κ1) is 7.92.